The van der Waals surface area contributed by atoms with E-state index in [2.05, 4.69) is 4.98 Å². The van der Waals surface area contributed by atoms with E-state index in [4.69, 9.17) is 11.6 Å². The van der Waals surface area contributed by atoms with E-state index in [9.17, 15) is 9.59 Å². The summed E-state index contributed by atoms with van der Waals surface area (Å²) in [7, 11) is 0. The molecule has 2 aromatic rings. The second-order valence-corrected chi connectivity index (χ2v) is 4.40. The molecule has 0 bridgehead atoms. The van der Waals surface area contributed by atoms with Crippen LogP contribution in [0.1, 0.15) is 18.9 Å². The van der Waals surface area contributed by atoms with Crippen molar-refractivity contribution in [2.45, 2.75) is 18.9 Å². The highest BCUT2D eigenvalue weighted by atomic mass is 35.5. The molecule has 0 amide bonds. The van der Waals surface area contributed by atoms with Crippen LogP contribution in [0, 0.1) is 0 Å². The fraction of sp³-hybridized carbons (Fsp3) is 0.273. The molecular formula is C11H9ClN2O2. The van der Waals surface area contributed by atoms with Crippen molar-refractivity contribution in [3.8, 4) is 0 Å². The molecule has 1 aromatic carbocycles. The van der Waals surface area contributed by atoms with E-state index < -0.39 is 0 Å². The van der Waals surface area contributed by atoms with Crippen LogP contribution in [0.2, 0.25) is 5.02 Å². The predicted molar refractivity (Wildman–Crippen MR) is 62.1 cm³/mol. The summed E-state index contributed by atoms with van der Waals surface area (Å²) in [5, 5.41) is 0.923. The molecule has 0 radical (unpaired) electrons. The van der Waals surface area contributed by atoms with Crippen LogP contribution in [0.4, 0.5) is 0 Å². The van der Waals surface area contributed by atoms with E-state index in [1.165, 1.54) is 0 Å². The molecule has 0 aliphatic heterocycles. The summed E-state index contributed by atoms with van der Waals surface area (Å²) in [4.78, 5) is 25.7. The van der Waals surface area contributed by atoms with Crippen molar-refractivity contribution in [1.29, 1.82) is 0 Å². The van der Waals surface area contributed by atoms with Crippen molar-refractivity contribution < 1.29 is 0 Å². The Balaban J connectivity index is 2.56. The summed E-state index contributed by atoms with van der Waals surface area (Å²) >= 11 is 6.07. The second-order valence-electron chi connectivity index (χ2n) is 4.00. The lowest BCUT2D eigenvalue weighted by Crippen LogP contribution is -2.29. The molecule has 5 heteroatoms. The Hall–Kier alpha value is -1.55. The molecule has 1 fully saturated rings. The van der Waals surface area contributed by atoms with E-state index in [1.54, 1.807) is 22.8 Å². The first-order valence-electron chi connectivity index (χ1n) is 5.11. The monoisotopic (exact) mass is 236 g/mol. The number of H-pyrrole nitrogens is 1. The Kier molecular flexibility index (Phi) is 1.94. The molecule has 1 N–H and O–H groups in total. The maximum absolute atomic E-state index is 11.7. The summed E-state index contributed by atoms with van der Waals surface area (Å²) in [6.45, 7) is 0. The van der Waals surface area contributed by atoms with Gasteiger partial charge in [-0.25, -0.2) is 4.79 Å². The largest absolute Gasteiger partial charge is 0.329 e. The van der Waals surface area contributed by atoms with Gasteiger partial charge in [-0.05, 0) is 25.0 Å². The zero-order valence-corrected chi connectivity index (χ0v) is 9.12. The highest BCUT2D eigenvalue weighted by molar-refractivity contribution is 6.35. The minimum Gasteiger partial charge on any atom is -0.289 e. The number of hydrogen-bond donors (Lipinski definition) is 1. The molecule has 1 aliphatic carbocycles. The maximum Gasteiger partial charge on any atom is 0.329 e. The summed E-state index contributed by atoms with van der Waals surface area (Å²) < 4.78 is 1.60. The Morgan fingerprint density at radius 2 is 2.06 bits per heavy atom. The Morgan fingerprint density at radius 3 is 2.75 bits per heavy atom. The summed E-state index contributed by atoms with van der Waals surface area (Å²) in [6, 6.07) is 5.27. The normalized spacial score (nSPS) is 15.6. The van der Waals surface area contributed by atoms with E-state index in [1.807, 2.05) is 0 Å². The number of rotatable bonds is 1. The lowest BCUT2D eigenvalue weighted by molar-refractivity contribution is 0.708. The van der Waals surface area contributed by atoms with Crippen molar-refractivity contribution in [1.82, 2.24) is 9.55 Å². The van der Waals surface area contributed by atoms with E-state index in [0.29, 0.717) is 15.9 Å². The third kappa shape index (κ3) is 1.30. The number of nitrogens with one attached hydrogen (secondary N) is 1. The fourth-order valence-corrected chi connectivity index (χ4v) is 2.22. The van der Waals surface area contributed by atoms with Crippen LogP contribution in [-0.2, 0) is 0 Å². The zero-order valence-electron chi connectivity index (χ0n) is 8.37. The molecule has 16 heavy (non-hydrogen) atoms. The first kappa shape index (κ1) is 9.66. The SMILES string of the molecule is O=c1[nH]c(=O)n(C2CC2)c2c(Cl)cccc12. The first-order chi connectivity index (χ1) is 7.68. The average molecular weight is 237 g/mol. The molecule has 0 spiro atoms. The van der Waals surface area contributed by atoms with Gasteiger partial charge in [-0.1, -0.05) is 17.7 Å². The van der Waals surface area contributed by atoms with Crippen molar-refractivity contribution in [2.75, 3.05) is 0 Å². The molecule has 1 aromatic heterocycles. The number of halogens is 1. The Morgan fingerprint density at radius 1 is 1.31 bits per heavy atom. The maximum atomic E-state index is 11.7. The standard InChI is InChI=1S/C11H9ClN2O2/c12-8-3-1-2-7-9(8)14(6-4-5-6)11(16)13-10(7)15/h1-3,6H,4-5H2,(H,13,15,16). The van der Waals surface area contributed by atoms with Crippen molar-refractivity contribution in [2.24, 2.45) is 0 Å². The van der Waals surface area contributed by atoms with Crippen LogP contribution >= 0.6 is 11.6 Å². The predicted octanol–water partition coefficient (Wildman–Crippen LogP) is 1.68. The number of aromatic amines is 1. The topological polar surface area (TPSA) is 54.9 Å². The van der Waals surface area contributed by atoms with Gasteiger partial charge in [-0.3, -0.25) is 14.3 Å². The minimum atomic E-state index is -0.376. The van der Waals surface area contributed by atoms with Gasteiger partial charge < -0.3 is 0 Å². The van der Waals surface area contributed by atoms with Crippen LogP contribution in [0.25, 0.3) is 10.9 Å². The number of aromatic nitrogens is 2. The van der Waals surface area contributed by atoms with E-state index >= 15 is 0 Å². The molecule has 82 valence electrons. The van der Waals surface area contributed by atoms with Gasteiger partial charge in [0.2, 0.25) is 0 Å². The smallest absolute Gasteiger partial charge is 0.289 e. The van der Waals surface area contributed by atoms with Gasteiger partial charge in [-0.15, -0.1) is 0 Å². The van der Waals surface area contributed by atoms with E-state index in [-0.39, 0.29) is 17.3 Å². The molecular weight excluding hydrogens is 228 g/mol. The average Bonchev–Trinajstić information content (AvgIpc) is 3.03. The lowest BCUT2D eigenvalue weighted by Gasteiger charge is -2.08. The Bertz CT molecular complexity index is 682. The van der Waals surface area contributed by atoms with Crippen LogP contribution < -0.4 is 11.2 Å². The van der Waals surface area contributed by atoms with Crippen molar-refractivity contribution in [3.05, 3.63) is 44.1 Å². The number of fused-ring (bicyclic) bond motifs is 1. The highest BCUT2D eigenvalue weighted by Crippen LogP contribution is 2.36. The number of nitrogens with zero attached hydrogens (tertiary/aromatic N) is 1. The van der Waals surface area contributed by atoms with Gasteiger partial charge in [0.25, 0.3) is 5.56 Å². The van der Waals surface area contributed by atoms with Crippen molar-refractivity contribution in [3.63, 3.8) is 0 Å². The third-order valence-corrected chi connectivity index (χ3v) is 3.13. The Labute approximate surface area is 95.5 Å². The molecule has 0 saturated heterocycles. The number of para-hydroxylation sites is 1. The molecule has 3 rings (SSSR count). The molecule has 1 aliphatic rings. The van der Waals surface area contributed by atoms with Crippen LogP contribution in [0.5, 0.6) is 0 Å². The molecule has 0 atom stereocenters. The van der Waals surface area contributed by atoms with Gasteiger partial charge in [0.1, 0.15) is 0 Å². The van der Waals surface area contributed by atoms with Gasteiger partial charge in [-0.2, -0.15) is 0 Å². The number of benzene rings is 1. The first-order valence-corrected chi connectivity index (χ1v) is 5.49. The van der Waals surface area contributed by atoms with Gasteiger partial charge >= 0.3 is 5.69 Å². The van der Waals surface area contributed by atoms with E-state index in [0.717, 1.165) is 12.8 Å². The lowest BCUT2D eigenvalue weighted by atomic mass is 10.2. The zero-order chi connectivity index (χ0) is 11.3. The summed E-state index contributed by atoms with van der Waals surface area (Å²) in [5.74, 6) is 0. The van der Waals surface area contributed by atoms with Gasteiger partial charge in [0, 0.05) is 6.04 Å². The molecule has 1 saturated carbocycles. The van der Waals surface area contributed by atoms with Gasteiger partial charge in [0.15, 0.2) is 0 Å². The molecule has 1 heterocycles. The second kappa shape index (κ2) is 3.22. The van der Waals surface area contributed by atoms with Crippen LogP contribution in [0.15, 0.2) is 27.8 Å². The third-order valence-electron chi connectivity index (χ3n) is 2.82. The van der Waals surface area contributed by atoms with Gasteiger partial charge in [0.05, 0.1) is 15.9 Å². The fourth-order valence-electron chi connectivity index (χ4n) is 1.95. The molecule has 0 unspecified atom stereocenters. The van der Waals surface area contributed by atoms with Crippen LogP contribution in [-0.4, -0.2) is 9.55 Å². The summed E-state index contributed by atoms with van der Waals surface area (Å²) in [6.07, 6.45) is 1.93. The van der Waals surface area contributed by atoms with Crippen molar-refractivity contribution >= 4 is 22.5 Å². The van der Waals surface area contributed by atoms with Crippen LogP contribution in [0.3, 0.4) is 0 Å². The summed E-state index contributed by atoms with van der Waals surface area (Å²) in [5.41, 5.74) is -0.187. The minimum absolute atomic E-state index is 0.187. The number of hydrogen-bond acceptors (Lipinski definition) is 2. The molecule has 4 nitrogen and oxygen atoms in total. The highest BCUT2D eigenvalue weighted by Gasteiger charge is 2.27. The quantitative estimate of drug-likeness (QED) is 0.819.